The predicted molar refractivity (Wildman–Crippen MR) is 125 cm³/mol. The topological polar surface area (TPSA) is 63.2 Å². The summed E-state index contributed by atoms with van der Waals surface area (Å²) >= 11 is 0. The first-order valence-electron chi connectivity index (χ1n) is 13.0. The van der Waals surface area contributed by atoms with Crippen molar-refractivity contribution in [1.82, 2.24) is 0 Å². The van der Waals surface area contributed by atoms with Gasteiger partial charge in [-0.1, -0.05) is 19.4 Å². The molecule has 2 heterocycles. The zero-order valence-corrected chi connectivity index (χ0v) is 21.9. The highest BCUT2D eigenvalue weighted by molar-refractivity contribution is 6.69. The van der Waals surface area contributed by atoms with Gasteiger partial charge in [0.05, 0.1) is 6.10 Å². The molecule has 2 saturated heterocycles. The number of allylic oxidation sites excluding steroid dienone is 1. The van der Waals surface area contributed by atoms with Crippen LogP contribution < -0.4 is 0 Å². The Morgan fingerprint density at radius 2 is 1.79 bits per heavy atom. The van der Waals surface area contributed by atoms with Crippen LogP contribution in [0.2, 0.25) is 19.6 Å². The lowest BCUT2D eigenvalue weighted by atomic mass is 9.45. The lowest BCUT2D eigenvalue weighted by Crippen LogP contribution is -2.69. The molecule has 8 atom stereocenters. The monoisotopic (exact) mass is 476 g/mol. The van der Waals surface area contributed by atoms with Crippen molar-refractivity contribution in [3.8, 4) is 0 Å². The van der Waals surface area contributed by atoms with Crippen molar-refractivity contribution in [2.75, 3.05) is 20.2 Å². The van der Waals surface area contributed by atoms with Crippen LogP contribution in [0.5, 0.6) is 0 Å². The zero-order valence-electron chi connectivity index (χ0n) is 20.9. The molecular formula is C26H40O6Si. The van der Waals surface area contributed by atoms with Gasteiger partial charge < -0.3 is 23.4 Å². The van der Waals surface area contributed by atoms with Crippen LogP contribution in [0.3, 0.4) is 0 Å². The summed E-state index contributed by atoms with van der Waals surface area (Å²) in [5.74, 6) is 1.11. The van der Waals surface area contributed by atoms with Crippen molar-refractivity contribution in [1.29, 1.82) is 0 Å². The molecule has 6 aliphatic rings. The first-order chi connectivity index (χ1) is 15.5. The van der Waals surface area contributed by atoms with Gasteiger partial charge in [-0.25, -0.2) is 0 Å². The van der Waals surface area contributed by atoms with Crippen LogP contribution in [-0.2, 0) is 28.2 Å². The lowest BCUT2D eigenvalue weighted by molar-refractivity contribution is -0.267. The third kappa shape index (κ3) is 2.93. The minimum absolute atomic E-state index is 0.0782. The average Bonchev–Trinajstić information content (AvgIpc) is 3.44. The minimum Gasteiger partial charge on any atom is -0.414 e. The molecule has 184 valence electrons. The summed E-state index contributed by atoms with van der Waals surface area (Å²) in [6.45, 7) is 12.7. The fraction of sp³-hybridized carbons (Fsp3) is 0.885. The van der Waals surface area contributed by atoms with Crippen molar-refractivity contribution in [2.24, 2.45) is 28.6 Å². The molecule has 2 aliphatic heterocycles. The van der Waals surface area contributed by atoms with E-state index in [-0.39, 0.29) is 30.5 Å². The molecule has 0 N–H and O–H groups in total. The van der Waals surface area contributed by atoms with Crippen molar-refractivity contribution in [2.45, 2.75) is 95.9 Å². The van der Waals surface area contributed by atoms with E-state index in [0.29, 0.717) is 36.6 Å². The average molecular weight is 477 g/mol. The molecule has 2 spiro atoms. The van der Waals surface area contributed by atoms with Crippen molar-refractivity contribution in [3.05, 3.63) is 11.6 Å². The van der Waals surface area contributed by atoms with Crippen LogP contribution in [-0.4, -0.2) is 51.8 Å². The molecule has 3 saturated carbocycles. The summed E-state index contributed by atoms with van der Waals surface area (Å²) in [7, 11) is -1.84. The fourth-order valence-corrected chi connectivity index (χ4v) is 10.3. The number of hydrogen-bond donors (Lipinski definition) is 0. The molecule has 6 rings (SSSR count). The van der Waals surface area contributed by atoms with Gasteiger partial charge in [-0.3, -0.25) is 4.79 Å². The Balaban J connectivity index is 1.45. The maximum absolute atomic E-state index is 12.3. The molecule has 0 aromatic rings. The summed E-state index contributed by atoms with van der Waals surface area (Å²) in [5.41, 5.74) is 0.746. The Bertz CT molecular complexity index is 869. The summed E-state index contributed by atoms with van der Waals surface area (Å²) < 4.78 is 31.9. The molecule has 0 amide bonds. The number of hydrogen-bond acceptors (Lipinski definition) is 6. The second kappa shape index (κ2) is 7.23. The third-order valence-corrected chi connectivity index (χ3v) is 11.5. The third-order valence-electron chi connectivity index (χ3n) is 10.5. The van der Waals surface area contributed by atoms with E-state index in [1.165, 1.54) is 5.57 Å². The number of ketones is 1. The fourth-order valence-electron chi connectivity index (χ4n) is 9.08. The van der Waals surface area contributed by atoms with E-state index >= 15 is 0 Å². The van der Waals surface area contributed by atoms with Gasteiger partial charge in [0.2, 0.25) is 5.79 Å². The van der Waals surface area contributed by atoms with E-state index in [0.717, 1.165) is 38.5 Å². The van der Waals surface area contributed by atoms with Crippen LogP contribution >= 0.6 is 0 Å². The maximum Gasteiger partial charge on any atom is 0.226 e. The molecule has 0 aromatic carbocycles. The van der Waals surface area contributed by atoms with Crippen LogP contribution in [0.25, 0.3) is 0 Å². The number of ether oxygens (including phenoxy) is 4. The van der Waals surface area contributed by atoms with Crippen LogP contribution in [0.4, 0.5) is 0 Å². The smallest absolute Gasteiger partial charge is 0.226 e. The van der Waals surface area contributed by atoms with E-state index in [2.05, 4.69) is 33.5 Å². The first-order valence-corrected chi connectivity index (χ1v) is 16.4. The summed E-state index contributed by atoms with van der Waals surface area (Å²) in [4.78, 5) is 12.3. The van der Waals surface area contributed by atoms with Crippen molar-refractivity contribution >= 4 is 14.1 Å². The summed E-state index contributed by atoms with van der Waals surface area (Å²) in [5, 5.41) is 0. The van der Waals surface area contributed by atoms with Gasteiger partial charge in [0.15, 0.2) is 27.7 Å². The summed E-state index contributed by atoms with van der Waals surface area (Å²) in [6, 6.07) is 0. The van der Waals surface area contributed by atoms with Gasteiger partial charge in [-0.2, -0.15) is 0 Å². The van der Waals surface area contributed by atoms with Gasteiger partial charge >= 0.3 is 0 Å². The predicted octanol–water partition coefficient (Wildman–Crippen LogP) is 4.79. The van der Waals surface area contributed by atoms with Crippen LogP contribution in [0.15, 0.2) is 11.6 Å². The van der Waals surface area contributed by atoms with Gasteiger partial charge in [0.25, 0.3) is 0 Å². The Labute approximate surface area is 198 Å². The van der Waals surface area contributed by atoms with Gasteiger partial charge in [0, 0.05) is 11.8 Å². The SMILES string of the molecule is C[C@]12C(O[Si](C)(C)C)CC3C(CCC4=CC(=O)CC[C@@]43C)C1CC[C@@]21OCOC12COCO2. The Morgan fingerprint density at radius 1 is 1.00 bits per heavy atom. The highest BCUT2D eigenvalue weighted by Gasteiger charge is 2.78. The number of carbonyl (C=O) groups excluding carboxylic acids is 1. The molecule has 6 nitrogen and oxygen atoms in total. The van der Waals surface area contributed by atoms with E-state index in [9.17, 15) is 4.79 Å². The number of rotatable bonds is 2. The van der Waals surface area contributed by atoms with Gasteiger partial charge in [0.1, 0.15) is 12.2 Å². The molecule has 5 fully saturated rings. The Morgan fingerprint density at radius 3 is 2.52 bits per heavy atom. The zero-order chi connectivity index (χ0) is 23.3. The first kappa shape index (κ1) is 22.9. The van der Waals surface area contributed by atoms with E-state index < -0.39 is 19.7 Å². The second-order valence-corrected chi connectivity index (χ2v) is 17.3. The quantitative estimate of drug-likeness (QED) is 0.534. The molecule has 7 heteroatoms. The summed E-state index contributed by atoms with van der Waals surface area (Å²) in [6.07, 6.45) is 8.97. The normalized spacial score (nSPS) is 51.5. The number of carbonyl (C=O) groups is 1. The lowest BCUT2D eigenvalue weighted by Gasteiger charge is -2.63. The molecule has 4 aliphatic carbocycles. The highest BCUT2D eigenvalue weighted by Crippen LogP contribution is 2.72. The molecule has 0 radical (unpaired) electrons. The molecule has 33 heavy (non-hydrogen) atoms. The van der Waals surface area contributed by atoms with E-state index in [1.54, 1.807) is 0 Å². The number of fused-ring (bicyclic) bond motifs is 7. The van der Waals surface area contributed by atoms with E-state index in [1.807, 2.05) is 6.08 Å². The van der Waals surface area contributed by atoms with Crippen molar-refractivity contribution < 1.29 is 28.2 Å². The molecule has 0 bridgehead atoms. The van der Waals surface area contributed by atoms with Crippen LogP contribution in [0.1, 0.15) is 58.8 Å². The van der Waals surface area contributed by atoms with E-state index in [4.69, 9.17) is 23.4 Å². The van der Waals surface area contributed by atoms with Crippen LogP contribution in [0, 0.1) is 28.6 Å². The van der Waals surface area contributed by atoms with Gasteiger partial charge in [-0.05, 0) is 87.4 Å². The Kier molecular flexibility index (Phi) is 5.01. The molecule has 5 unspecified atom stereocenters. The highest BCUT2D eigenvalue weighted by atomic mass is 28.4. The molecular weight excluding hydrogens is 436 g/mol. The van der Waals surface area contributed by atoms with Gasteiger partial charge in [-0.15, -0.1) is 0 Å². The second-order valence-electron chi connectivity index (χ2n) is 12.8. The minimum atomic E-state index is -1.84. The standard InChI is InChI=1S/C26H40O6Si/c1-23-10-8-18(27)12-17(23)6-7-19-20-9-11-25(26(31-16-29-25)14-28-15-30-26)24(20,2)22(13-21(19)23)32-33(3,4)5/h12,19-22H,6-11,13-16H2,1-5H3/t19?,20?,21?,22?,23-,24+,25+,26?/m0/s1. The maximum atomic E-state index is 12.3. The molecule has 0 aromatic heterocycles. The van der Waals surface area contributed by atoms with Crippen molar-refractivity contribution in [3.63, 3.8) is 0 Å². The Hall–Kier alpha value is -0.573. The largest absolute Gasteiger partial charge is 0.414 e.